The normalized spacial score (nSPS) is 24.0. The van der Waals surface area contributed by atoms with Gasteiger partial charge in [0.2, 0.25) is 5.91 Å². The van der Waals surface area contributed by atoms with E-state index in [4.69, 9.17) is 0 Å². The van der Waals surface area contributed by atoms with Crippen molar-refractivity contribution in [3.05, 3.63) is 35.4 Å². The number of carboxylic acid groups (broad SMARTS) is 1. The van der Waals surface area contributed by atoms with Crippen molar-refractivity contribution < 1.29 is 19.8 Å². The van der Waals surface area contributed by atoms with Gasteiger partial charge in [0.25, 0.3) is 0 Å². The van der Waals surface area contributed by atoms with E-state index in [1.54, 1.807) is 4.90 Å². The summed E-state index contributed by atoms with van der Waals surface area (Å²) in [6.07, 6.45) is 1.49. The minimum Gasteiger partial charge on any atom is -0.481 e. The summed E-state index contributed by atoms with van der Waals surface area (Å²) in [5, 5.41) is 19.9. The number of carbonyl (C=O) groups excluding carboxylic acids is 1. The minimum absolute atomic E-state index is 0.0353. The van der Waals surface area contributed by atoms with E-state index < -0.39 is 17.5 Å². The lowest BCUT2D eigenvalue weighted by molar-refractivity contribution is -0.166. The Morgan fingerprint density at radius 1 is 1.33 bits per heavy atom. The number of hydrogen-bond acceptors (Lipinski definition) is 3. The van der Waals surface area contributed by atoms with E-state index in [1.807, 2.05) is 38.1 Å². The van der Waals surface area contributed by atoms with Gasteiger partial charge in [0.15, 0.2) is 0 Å². The van der Waals surface area contributed by atoms with E-state index in [-0.39, 0.29) is 12.5 Å². The topological polar surface area (TPSA) is 77.8 Å². The number of hydrogen-bond donors (Lipinski definition) is 2. The predicted molar refractivity (Wildman–Crippen MR) is 91.7 cm³/mol. The van der Waals surface area contributed by atoms with Gasteiger partial charge in [0.1, 0.15) is 5.41 Å². The van der Waals surface area contributed by atoms with E-state index in [9.17, 15) is 19.8 Å². The van der Waals surface area contributed by atoms with Crippen LogP contribution in [0.25, 0.3) is 0 Å². The maximum atomic E-state index is 12.6. The lowest BCUT2D eigenvalue weighted by Crippen LogP contribution is -2.57. The standard InChI is InChI=1S/C19H27NO4/c1-3-11-19(18(23)24)13-20(12-10-16(19)21)17(22)9-8-15-7-5-4-6-14(15)2/h4-7,16,21H,3,8-13H2,1-2H3,(H,23,24)/t16-,19-/m1/s1. The number of aryl methyl sites for hydroxylation is 2. The molecule has 1 amide bonds. The fraction of sp³-hybridized carbons (Fsp3) is 0.579. The van der Waals surface area contributed by atoms with Crippen LogP contribution in [0, 0.1) is 12.3 Å². The van der Waals surface area contributed by atoms with Crippen molar-refractivity contribution in [2.24, 2.45) is 5.41 Å². The zero-order chi connectivity index (χ0) is 17.7. The molecule has 1 aliphatic rings. The Bertz CT molecular complexity index is 601. The largest absolute Gasteiger partial charge is 0.481 e. The van der Waals surface area contributed by atoms with E-state index in [0.717, 1.165) is 11.1 Å². The molecule has 5 nitrogen and oxygen atoms in total. The fourth-order valence-electron chi connectivity index (χ4n) is 3.59. The van der Waals surface area contributed by atoms with Crippen molar-refractivity contribution in [3.8, 4) is 0 Å². The fourth-order valence-corrected chi connectivity index (χ4v) is 3.59. The molecule has 1 aromatic carbocycles. The van der Waals surface area contributed by atoms with Gasteiger partial charge in [-0.15, -0.1) is 0 Å². The summed E-state index contributed by atoms with van der Waals surface area (Å²) in [7, 11) is 0. The first-order chi connectivity index (χ1) is 11.4. The van der Waals surface area contributed by atoms with E-state index in [1.165, 1.54) is 0 Å². The summed E-state index contributed by atoms with van der Waals surface area (Å²) in [5.41, 5.74) is 1.07. The second kappa shape index (κ2) is 7.79. The van der Waals surface area contributed by atoms with Crippen LogP contribution in [0.4, 0.5) is 0 Å². The number of aliphatic carboxylic acids is 1. The summed E-state index contributed by atoms with van der Waals surface area (Å²) < 4.78 is 0. The number of carboxylic acids is 1. The number of benzene rings is 1. The molecule has 0 spiro atoms. The maximum absolute atomic E-state index is 12.6. The third-order valence-corrected chi connectivity index (χ3v) is 5.13. The molecular weight excluding hydrogens is 306 g/mol. The predicted octanol–water partition coefficient (Wildman–Crippen LogP) is 2.39. The van der Waals surface area contributed by atoms with Gasteiger partial charge in [-0.1, -0.05) is 37.6 Å². The Labute approximate surface area is 143 Å². The minimum atomic E-state index is -1.23. The molecule has 1 fully saturated rings. The molecule has 24 heavy (non-hydrogen) atoms. The van der Waals surface area contributed by atoms with Gasteiger partial charge in [0.05, 0.1) is 6.10 Å². The summed E-state index contributed by atoms with van der Waals surface area (Å²) in [6.45, 7) is 4.45. The molecule has 2 N–H and O–H groups in total. The summed E-state index contributed by atoms with van der Waals surface area (Å²) in [5.74, 6) is -1.04. The Hall–Kier alpha value is -1.88. The van der Waals surface area contributed by atoms with Crippen molar-refractivity contribution >= 4 is 11.9 Å². The number of nitrogens with zero attached hydrogens (tertiary/aromatic N) is 1. The highest BCUT2D eigenvalue weighted by Gasteiger charge is 2.49. The van der Waals surface area contributed by atoms with Crippen LogP contribution in [-0.2, 0) is 16.0 Å². The number of aliphatic hydroxyl groups excluding tert-OH is 1. The lowest BCUT2D eigenvalue weighted by Gasteiger charge is -2.43. The molecule has 1 aromatic rings. The Morgan fingerprint density at radius 3 is 2.67 bits per heavy atom. The average molecular weight is 333 g/mol. The molecule has 2 rings (SSSR count). The molecule has 0 unspecified atom stereocenters. The monoisotopic (exact) mass is 333 g/mol. The molecule has 0 bridgehead atoms. The Balaban J connectivity index is 2.04. The summed E-state index contributed by atoms with van der Waals surface area (Å²) >= 11 is 0. The van der Waals surface area contributed by atoms with Crippen molar-refractivity contribution in [1.82, 2.24) is 4.90 Å². The first-order valence-corrected chi connectivity index (χ1v) is 8.64. The second-order valence-corrected chi connectivity index (χ2v) is 6.76. The zero-order valence-corrected chi connectivity index (χ0v) is 14.5. The smallest absolute Gasteiger partial charge is 0.314 e. The summed E-state index contributed by atoms with van der Waals surface area (Å²) in [6, 6.07) is 7.97. The van der Waals surface area contributed by atoms with Gasteiger partial charge >= 0.3 is 5.97 Å². The van der Waals surface area contributed by atoms with Gasteiger partial charge < -0.3 is 15.1 Å². The SMILES string of the molecule is CCC[C@@]1(C(=O)O)CN(C(=O)CCc2ccccc2C)CC[C@H]1O. The van der Waals surface area contributed by atoms with Crippen molar-refractivity contribution in [2.45, 2.75) is 52.1 Å². The molecule has 1 aliphatic heterocycles. The van der Waals surface area contributed by atoms with Crippen LogP contribution in [0.5, 0.6) is 0 Å². The highest BCUT2D eigenvalue weighted by molar-refractivity contribution is 5.80. The van der Waals surface area contributed by atoms with Crippen LogP contribution in [0.1, 0.15) is 43.7 Å². The highest BCUT2D eigenvalue weighted by Crippen LogP contribution is 2.35. The van der Waals surface area contributed by atoms with Gasteiger partial charge in [-0.05, 0) is 37.3 Å². The number of carbonyl (C=O) groups is 2. The Kier molecular flexibility index (Phi) is 5.99. The molecule has 2 atom stereocenters. The van der Waals surface area contributed by atoms with Crippen LogP contribution < -0.4 is 0 Å². The molecule has 0 radical (unpaired) electrons. The molecule has 132 valence electrons. The van der Waals surface area contributed by atoms with E-state index >= 15 is 0 Å². The highest BCUT2D eigenvalue weighted by atomic mass is 16.4. The zero-order valence-electron chi connectivity index (χ0n) is 14.5. The number of amides is 1. The molecule has 0 saturated carbocycles. The van der Waals surface area contributed by atoms with Crippen LogP contribution in [0.15, 0.2) is 24.3 Å². The van der Waals surface area contributed by atoms with E-state index in [0.29, 0.717) is 38.6 Å². The number of rotatable bonds is 6. The van der Waals surface area contributed by atoms with Crippen molar-refractivity contribution in [2.75, 3.05) is 13.1 Å². The van der Waals surface area contributed by atoms with Crippen molar-refractivity contribution in [1.29, 1.82) is 0 Å². The maximum Gasteiger partial charge on any atom is 0.314 e. The first kappa shape index (κ1) is 18.5. The van der Waals surface area contributed by atoms with Gasteiger partial charge in [0, 0.05) is 19.5 Å². The second-order valence-electron chi connectivity index (χ2n) is 6.76. The number of likely N-dealkylation sites (tertiary alicyclic amines) is 1. The summed E-state index contributed by atoms with van der Waals surface area (Å²) in [4.78, 5) is 25.9. The quantitative estimate of drug-likeness (QED) is 0.838. The average Bonchev–Trinajstić information content (AvgIpc) is 2.56. The molecule has 5 heteroatoms. The van der Waals surface area contributed by atoms with Crippen LogP contribution in [0.2, 0.25) is 0 Å². The molecular formula is C19H27NO4. The third kappa shape index (κ3) is 3.78. The van der Waals surface area contributed by atoms with Gasteiger partial charge in [-0.3, -0.25) is 9.59 Å². The first-order valence-electron chi connectivity index (χ1n) is 8.64. The number of aliphatic hydroxyl groups is 1. The van der Waals surface area contributed by atoms with Crippen LogP contribution >= 0.6 is 0 Å². The number of piperidine rings is 1. The lowest BCUT2D eigenvalue weighted by atomic mass is 9.74. The molecule has 1 heterocycles. The third-order valence-electron chi connectivity index (χ3n) is 5.13. The molecule has 1 saturated heterocycles. The van der Waals surface area contributed by atoms with Gasteiger partial charge in [-0.2, -0.15) is 0 Å². The van der Waals surface area contributed by atoms with Crippen LogP contribution in [-0.4, -0.2) is 46.2 Å². The Morgan fingerprint density at radius 2 is 2.04 bits per heavy atom. The van der Waals surface area contributed by atoms with E-state index in [2.05, 4.69) is 0 Å². The van der Waals surface area contributed by atoms with Crippen molar-refractivity contribution in [3.63, 3.8) is 0 Å². The molecule has 0 aromatic heterocycles. The molecule has 0 aliphatic carbocycles. The van der Waals surface area contributed by atoms with Crippen LogP contribution in [0.3, 0.4) is 0 Å². The van der Waals surface area contributed by atoms with Gasteiger partial charge in [-0.25, -0.2) is 0 Å².